The van der Waals surface area contributed by atoms with Gasteiger partial charge < -0.3 is 9.84 Å². The molecule has 2 N–H and O–H groups in total. The minimum Gasteiger partial charge on any atom is -0.339 e. The van der Waals surface area contributed by atoms with Crippen LogP contribution in [-0.2, 0) is 21.2 Å². The first-order valence-corrected chi connectivity index (χ1v) is 10.6. The molecule has 0 bridgehead atoms. The molecule has 2 aromatic carbocycles. The van der Waals surface area contributed by atoms with E-state index < -0.39 is 10.0 Å². The average Bonchev–Trinajstić information content (AvgIpc) is 3.08. The van der Waals surface area contributed by atoms with Gasteiger partial charge in [-0.2, -0.15) is 4.98 Å². The summed E-state index contributed by atoms with van der Waals surface area (Å²) in [5.74, 6) is 0.581. The summed E-state index contributed by atoms with van der Waals surface area (Å²) in [5, 5.41) is 6.86. The molecule has 1 amide bonds. The van der Waals surface area contributed by atoms with Gasteiger partial charge in [-0.05, 0) is 55.8 Å². The maximum absolute atomic E-state index is 12.8. The van der Waals surface area contributed by atoms with Crippen LogP contribution in [0, 0.1) is 13.8 Å². The molecule has 0 aliphatic carbocycles. The van der Waals surface area contributed by atoms with Crippen molar-refractivity contribution in [3.8, 4) is 0 Å². The lowest BCUT2D eigenvalue weighted by Crippen LogP contribution is -2.16. The standard InChI is InChI=1S/C19H19ClN4O4S/c1-12-3-6-16(22-18(25)9-10-19-21-13(2)23-28-19)11-17(12)29(26,27)24-15-7-4-14(20)5-8-15/h3-8,11,24H,9-10H2,1-2H3,(H,22,25). The zero-order valence-electron chi connectivity index (χ0n) is 15.8. The Kier molecular flexibility index (Phi) is 6.19. The predicted octanol–water partition coefficient (Wildman–Crippen LogP) is 3.71. The average molecular weight is 435 g/mol. The number of nitrogens with zero attached hydrogens (tertiary/aromatic N) is 2. The van der Waals surface area contributed by atoms with E-state index in [4.69, 9.17) is 16.1 Å². The minimum absolute atomic E-state index is 0.0674. The Balaban J connectivity index is 1.71. The third-order valence-electron chi connectivity index (χ3n) is 3.99. The van der Waals surface area contributed by atoms with Crippen LogP contribution in [0.3, 0.4) is 0 Å². The number of benzene rings is 2. The van der Waals surface area contributed by atoms with Gasteiger partial charge in [0.1, 0.15) is 0 Å². The molecule has 8 nitrogen and oxygen atoms in total. The Morgan fingerprint density at radius 3 is 2.45 bits per heavy atom. The molecular formula is C19H19ClN4O4S. The van der Waals surface area contributed by atoms with E-state index in [-0.39, 0.29) is 17.2 Å². The van der Waals surface area contributed by atoms with Crippen LogP contribution >= 0.6 is 11.6 Å². The molecule has 0 saturated heterocycles. The van der Waals surface area contributed by atoms with E-state index in [1.807, 2.05) is 0 Å². The zero-order valence-corrected chi connectivity index (χ0v) is 17.3. The number of carbonyl (C=O) groups excluding carboxylic acids is 1. The van der Waals surface area contributed by atoms with Gasteiger partial charge in [-0.3, -0.25) is 9.52 Å². The summed E-state index contributed by atoms with van der Waals surface area (Å²) in [5.41, 5.74) is 1.31. The summed E-state index contributed by atoms with van der Waals surface area (Å²) >= 11 is 5.83. The summed E-state index contributed by atoms with van der Waals surface area (Å²) < 4.78 is 33.0. The van der Waals surface area contributed by atoms with Crippen LogP contribution in [0.5, 0.6) is 0 Å². The molecule has 0 fully saturated rings. The monoisotopic (exact) mass is 434 g/mol. The number of hydrogen-bond donors (Lipinski definition) is 2. The van der Waals surface area contributed by atoms with Crippen LogP contribution in [-0.4, -0.2) is 24.5 Å². The van der Waals surface area contributed by atoms with E-state index in [1.165, 1.54) is 6.07 Å². The smallest absolute Gasteiger partial charge is 0.262 e. The topological polar surface area (TPSA) is 114 Å². The van der Waals surface area contributed by atoms with Gasteiger partial charge in [0.2, 0.25) is 11.8 Å². The van der Waals surface area contributed by atoms with Crippen molar-refractivity contribution >= 4 is 38.9 Å². The van der Waals surface area contributed by atoms with Gasteiger partial charge in [0, 0.05) is 29.2 Å². The first-order valence-electron chi connectivity index (χ1n) is 8.71. The third kappa shape index (κ3) is 5.55. The molecule has 1 aromatic heterocycles. The number of aryl methyl sites for hydroxylation is 3. The maximum Gasteiger partial charge on any atom is 0.262 e. The van der Waals surface area contributed by atoms with Gasteiger partial charge in [0.15, 0.2) is 5.82 Å². The van der Waals surface area contributed by atoms with Crippen LogP contribution in [0.4, 0.5) is 11.4 Å². The van der Waals surface area contributed by atoms with Crippen molar-refractivity contribution < 1.29 is 17.7 Å². The lowest BCUT2D eigenvalue weighted by Gasteiger charge is -2.13. The van der Waals surface area contributed by atoms with E-state index in [9.17, 15) is 13.2 Å². The molecule has 1 heterocycles. The van der Waals surface area contributed by atoms with E-state index in [0.717, 1.165) is 0 Å². The van der Waals surface area contributed by atoms with E-state index in [0.29, 0.717) is 40.1 Å². The van der Waals surface area contributed by atoms with Crippen LogP contribution < -0.4 is 10.0 Å². The Bertz CT molecular complexity index is 1130. The summed E-state index contributed by atoms with van der Waals surface area (Å²) in [6.45, 7) is 3.37. The first-order chi connectivity index (χ1) is 13.7. The summed E-state index contributed by atoms with van der Waals surface area (Å²) in [4.78, 5) is 16.3. The highest BCUT2D eigenvalue weighted by Crippen LogP contribution is 2.24. The molecule has 0 spiro atoms. The van der Waals surface area contributed by atoms with Crippen molar-refractivity contribution in [2.45, 2.75) is 31.6 Å². The number of hydrogen-bond acceptors (Lipinski definition) is 6. The number of nitrogens with one attached hydrogen (secondary N) is 2. The first kappa shape index (κ1) is 20.8. The molecule has 0 saturated carbocycles. The van der Waals surface area contributed by atoms with E-state index in [2.05, 4.69) is 20.2 Å². The van der Waals surface area contributed by atoms with Crippen molar-refractivity contribution in [3.05, 3.63) is 64.8 Å². The largest absolute Gasteiger partial charge is 0.339 e. The fourth-order valence-corrected chi connectivity index (χ4v) is 4.04. The van der Waals surface area contributed by atoms with Crippen LogP contribution in [0.2, 0.25) is 5.02 Å². The lowest BCUT2D eigenvalue weighted by atomic mass is 10.2. The zero-order chi connectivity index (χ0) is 21.0. The molecule has 3 aromatic rings. The van der Waals surface area contributed by atoms with E-state index >= 15 is 0 Å². The molecule has 0 atom stereocenters. The van der Waals surface area contributed by atoms with Gasteiger partial charge in [-0.1, -0.05) is 22.8 Å². The quantitative estimate of drug-likeness (QED) is 0.585. The van der Waals surface area contributed by atoms with Gasteiger partial charge >= 0.3 is 0 Å². The Hall–Kier alpha value is -2.91. The molecule has 152 valence electrons. The van der Waals surface area contributed by atoms with Crippen molar-refractivity contribution in [2.75, 3.05) is 10.0 Å². The Morgan fingerprint density at radius 2 is 1.79 bits per heavy atom. The third-order valence-corrected chi connectivity index (χ3v) is 5.77. The summed E-state index contributed by atoms with van der Waals surface area (Å²) in [7, 11) is -3.85. The molecule has 0 radical (unpaired) electrons. The molecule has 3 rings (SSSR count). The van der Waals surface area contributed by atoms with Gasteiger partial charge in [0.05, 0.1) is 4.90 Å². The molecule has 0 unspecified atom stereocenters. The lowest BCUT2D eigenvalue weighted by molar-refractivity contribution is -0.116. The Morgan fingerprint density at radius 1 is 1.10 bits per heavy atom. The Labute approximate surface area is 173 Å². The van der Waals surface area contributed by atoms with E-state index in [1.54, 1.807) is 50.2 Å². The van der Waals surface area contributed by atoms with Crippen molar-refractivity contribution in [1.82, 2.24) is 10.1 Å². The highest BCUT2D eigenvalue weighted by atomic mass is 35.5. The number of amides is 1. The van der Waals surface area contributed by atoms with Crippen molar-refractivity contribution in [1.29, 1.82) is 0 Å². The number of anilines is 2. The number of carbonyl (C=O) groups is 1. The van der Waals surface area contributed by atoms with Gasteiger partial charge in [-0.15, -0.1) is 0 Å². The fraction of sp³-hybridized carbons (Fsp3) is 0.211. The highest BCUT2D eigenvalue weighted by Gasteiger charge is 2.18. The molecule has 0 aliphatic heterocycles. The second kappa shape index (κ2) is 8.62. The SMILES string of the molecule is Cc1noc(CCC(=O)Nc2ccc(C)c(S(=O)(=O)Nc3ccc(Cl)cc3)c2)n1. The van der Waals surface area contributed by atoms with Crippen molar-refractivity contribution in [2.24, 2.45) is 0 Å². The van der Waals surface area contributed by atoms with Crippen molar-refractivity contribution in [3.63, 3.8) is 0 Å². The molecule has 0 aliphatic rings. The van der Waals surface area contributed by atoms with Crippen LogP contribution in [0.15, 0.2) is 51.9 Å². The highest BCUT2D eigenvalue weighted by molar-refractivity contribution is 7.92. The second-order valence-corrected chi connectivity index (χ2v) is 8.46. The normalized spacial score (nSPS) is 11.3. The summed E-state index contributed by atoms with van der Waals surface area (Å²) in [6.07, 6.45) is 0.419. The van der Waals surface area contributed by atoms with Crippen LogP contribution in [0.25, 0.3) is 0 Å². The fourth-order valence-electron chi connectivity index (χ4n) is 2.58. The maximum atomic E-state index is 12.8. The van der Waals surface area contributed by atoms with Gasteiger partial charge in [0.25, 0.3) is 10.0 Å². The molecular weight excluding hydrogens is 416 g/mol. The predicted molar refractivity (Wildman–Crippen MR) is 109 cm³/mol. The second-order valence-electron chi connectivity index (χ2n) is 6.38. The van der Waals surface area contributed by atoms with Gasteiger partial charge in [-0.25, -0.2) is 8.42 Å². The molecule has 10 heteroatoms. The number of aromatic nitrogens is 2. The number of sulfonamides is 1. The van der Waals surface area contributed by atoms with Crippen LogP contribution in [0.1, 0.15) is 23.7 Å². The minimum atomic E-state index is -3.85. The number of halogens is 1. The number of rotatable bonds is 7. The molecule has 29 heavy (non-hydrogen) atoms. The summed E-state index contributed by atoms with van der Waals surface area (Å²) in [6, 6.07) is 11.0.